The van der Waals surface area contributed by atoms with E-state index in [4.69, 9.17) is 0 Å². The molecule has 0 atom stereocenters. The van der Waals surface area contributed by atoms with Crippen LogP contribution >= 0.6 is 0 Å². The van der Waals surface area contributed by atoms with E-state index in [1.807, 2.05) is 24.4 Å². The number of carbonyl (C=O) groups is 1. The first-order chi connectivity index (χ1) is 13.5. The highest BCUT2D eigenvalue weighted by Crippen LogP contribution is 2.22. The van der Waals surface area contributed by atoms with Gasteiger partial charge in [-0.2, -0.15) is 0 Å². The van der Waals surface area contributed by atoms with E-state index >= 15 is 0 Å². The van der Waals surface area contributed by atoms with Crippen molar-refractivity contribution in [3.8, 4) is 0 Å². The number of aliphatic imine (C=N–C) groups is 1. The van der Waals surface area contributed by atoms with Gasteiger partial charge in [0.25, 0.3) is 10.0 Å². The second-order valence-electron chi connectivity index (χ2n) is 6.54. The maximum Gasteiger partial charge on any atom is 0.263 e. The third-order valence-corrected chi connectivity index (χ3v) is 6.06. The lowest BCUT2D eigenvalue weighted by atomic mass is 10.1. The number of aromatic nitrogens is 1. The molecule has 144 valence electrons. The fraction of sp³-hybridized carbons (Fsp3) is 0.200. The minimum Gasteiger partial charge on any atom is -0.361 e. The molecule has 0 unspecified atom stereocenters. The van der Waals surface area contributed by atoms with Crippen molar-refractivity contribution in [3.05, 3.63) is 65.9 Å². The van der Waals surface area contributed by atoms with E-state index in [-0.39, 0.29) is 23.8 Å². The second-order valence-corrected chi connectivity index (χ2v) is 8.19. The monoisotopic (exact) mass is 396 g/mol. The first kappa shape index (κ1) is 18.2. The van der Waals surface area contributed by atoms with E-state index in [0.29, 0.717) is 17.9 Å². The number of nitrogens with one attached hydrogen (secondary N) is 3. The van der Waals surface area contributed by atoms with E-state index in [2.05, 4.69) is 26.1 Å². The van der Waals surface area contributed by atoms with Gasteiger partial charge in [-0.25, -0.2) is 8.42 Å². The number of amides is 1. The number of amidine groups is 1. The lowest BCUT2D eigenvalue weighted by Crippen LogP contribution is -2.27. The molecule has 1 amide bonds. The molecule has 0 radical (unpaired) electrons. The molecule has 1 aliphatic heterocycles. The van der Waals surface area contributed by atoms with Gasteiger partial charge in [0.2, 0.25) is 5.91 Å². The zero-order valence-corrected chi connectivity index (χ0v) is 15.9. The Morgan fingerprint density at radius 3 is 2.75 bits per heavy atom. The summed E-state index contributed by atoms with van der Waals surface area (Å²) in [5, 5.41) is 4.05. The summed E-state index contributed by atoms with van der Waals surface area (Å²) in [6.45, 7) is 0.748. The van der Waals surface area contributed by atoms with E-state index in [1.54, 1.807) is 18.2 Å². The molecule has 2 aromatic carbocycles. The number of rotatable bonds is 6. The van der Waals surface area contributed by atoms with Gasteiger partial charge in [0.15, 0.2) is 0 Å². The molecule has 0 saturated carbocycles. The van der Waals surface area contributed by atoms with Crippen LogP contribution in [0.25, 0.3) is 10.9 Å². The van der Waals surface area contributed by atoms with Crippen LogP contribution in [0.15, 0.2) is 64.6 Å². The summed E-state index contributed by atoms with van der Waals surface area (Å²) in [6, 6.07) is 14.7. The smallest absolute Gasteiger partial charge is 0.263 e. The normalized spacial score (nSPS) is 16.1. The van der Waals surface area contributed by atoms with Crippen molar-refractivity contribution in [1.29, 1.82) is 0 Å². The Morgan fingerprint density at radius 2 is 1.86 bits per heavy atom. The minimum atomic E-state index is -3.55. The lowest BCUT2D eigenvalue weighted by molar-refractivity contribution is -0.120. The van der Waals surface area contributed by atoms with Crippen molar-refractivity contribution in [3.63, 3.8) is 0 Å². The molecule has 3 N–H and O–H groups in total. The summed E-state index contributed by atoms with van der Waals surface area (Å²) in [5.74, 6) is 0.181. The molecule has 0 aliphatic carbocycles. The number of fused-ring (bicyclic) bond motifs is 2. The number of sulfonamides is 1. The van der Waals surface area contributed by atoms with E-state index < -0.39 is 10.0 Å². The summed E-state index contributed by atoms with van der Waals surface area (Å²) in [7, 11) is -3.55. The Bertz CT molecular complexity index is 1160. The number of hydrogen-bond acceptors (Lipinski definition) is 4. The van der Waals surface area contributed by atoms with Gasteiger partial charge in [-0.1, -0.05) is 30.3 Å². The summed E-state index contributed by atoms with van der Waals surface area (Å²) in [5.41, 5.74) is 2.79. The van der Waals surface area contributed by atoms with Crippen molar-refractivity contribution >= 4 is 32.7 Å². The van der Waals surface area contributed by atoms with Gasteiger partial charge in [0.1, 0.15) is 5.84 Å². The van der Waals surface area contributed by atoms with Crippen LogP contribution in [0.1, 0.15) is 17.5 Å². The van der Waals surface area contributed by atoms with Crippen LogP contribution in [0, 0.1) is 0 Å². The third kappa shape index (κ3) is 3.63. The molecular formula is C20H20N4O3S. The molecule has 4 rings (SSSR count). The van der Waals surface area contributed by atoms with Gasteiger partial charge in [0, 0.05) is 35.6 Å². The van der Waals surface area contributed by atoms with Crippen LogP contribution in [-0.4, -0.2) is 38.2 Å². The molecule has 7 nitrogen and oxygen atoms in total. The Kier molecular flexibility index (Phi) is 4.87. The summed E-state index contributed by atoms with van der Waals surface area (Å²) < 4.78 is 26.5. The van der Waals surface area contributed by atoms with Crippen LogP contribution < -0.4 is 10.0 Å². The zero-order chi connectivity index (χ0) is 19.6. The SMILES string of the molecule is O=C(CCN=C1NS(=O)(=O)c2ccccc21)NCCc1c[nH]c2ccccc12. The maximum atomic E-state index is 12.1. The number of hydrogen-bond donors (Lipinski definition) is 3. The van der Waals surface area contributed by atoms with Gasteiger partial charge in [-0.15, -0.1) is 0 Å². The van der Waals surface area contributed by atoms with Crippen LogP contribution in [0.5, 0.6) is 0 Å². The molecule has 8 heteroatoms. The molecule has 0 fully saturated rings. The van der Waals surface area contributed by atoms with Gasteiger partial charge >= 0.3 is 0 Å². The Hall–Kier alpha value is -3.13. The van der Waals surface area contributed by atoms with Crippen LogP contribution in [0.4, 0.5) is 0 Å². The first-order valence-electron chi connectivity index (χ1n) is 9.03. The molecule has 28 heavy (non-hydrogen) atoms. The quantitative estimate of drug-likeness (QED) is 0.593. The van der Waals surface area contributed by atoms with Gasteiger partial charge in [-0.3, -0.25) is 14.5 Å². The number of benzene rings is 2. The third-order valence-electron chi connectivity index (χ3n) is 4.66. The van der Waals surface area contributed by atoms with Crippen molar-refractivity contribution in [2.75, 3.05) is 13.1 Å². The van der Waals surface area contributed by atoms with Crippen molar-refractivity contribution < 1.29 is 13.2 Å². The van der Waals surface area contributed by atoms with Crippen LogP contribution in [0.3, 0.4) is 0 Å². The Labute approximate surface area is 162 Å². The predicted molar refractivity (Wildman–Crippen MR) is 108 cm³/mol. The maximum absolute atomic E-state index is 12.1. The number of H-pyrrole nitrogens is 1. The summed E-state index contributed by atoms with van der Waals surface area (Å²) in [4.78, 5) is 19.8. The second kappa shape index (κ2) is 7.47. The predicted octanol–water partition coefficient (Wildman–Crippen LogP) is 1.96. The fourth-order valence-corrected chi connectivity index (χ4v) is 4.53. The molecule has 2 heterocycles. The van der Waals surface area contributed by atoms with Crippen molar-refractivity contribution in [2.45, 2.75) is 17.7 Å². The standard InChI is InChI=1S/C20H20N4O3S/c25-19(21-11-9-14-13-23-17-7-3-1-5-15(14)17)10-12-22-20-16-6-2-4-8-18(16)28(26,27)24-20/h1-8,13,23H,9-12H2,(H,21,25)(H,22,24). The Balaban J connectivity index is 1.29. The van der Waals surface area contributed by atoms with Gasteiger partial charge in [-0.05, 0) is 30.2 Å². The van der Waals surface area contributed by atoms with Crippen molar-refractivity contribution in [2.24, 2.45) is 4.99 Å². The number of nitrogens with zero attached hydrogens (tertiary/aromatic N) is 1. The fourth-order valence-electron chi connectivity index (χ4n) is 3.28. The first-order valence-corrected chi connectivity index (χ1v) is 10.5. The lowest BCUT2D eigenvalue weighted by Gasteiger charge is -2.04. The average molecular weight is 396 g/mol. The average Bonchev–Trinajstić information content (AvgIpc) is 3.21. The highest BCUT2D eigenvalue weighted by atomic mass is 32.2. The van der Waals surface area contributed by atoms with Crippen LogP contribution in [0.2, 0.25) is 0 Å². The highest BCUT2D eigenvalue weighted by molar-refractivity contribution is 7.90. The zero-order valence-electron chi connectivity index (χ0n) is 15.1. The largest absolute Gasteiger partial charge is 0.361 e. The van der Waals surface area contributed by atoms with E-state index in [0.717, 1.165) is 22.9 Å². The topological polar surface area (TPSA) is 103 Å². The highest BCUT2D eigenvalue weighted by Gasteiger charge is 2.29. The van der Waals surface area contributed by atoms with Crippen LogP contribution in [-0.2, 0) is 21.2 Å². The molecule has 0 bridgehead atoms. The van der Waals surface area contributed by atoms with E-state index in [9.17, 15) is 13.2 Å². The number of para-hydroxylation sites is 1. The molecule has 3 aromatic rings. The number of carbonyl (C=O) groups excluding carboxylic acids is 1. The molecular weight excluding hydrogens is 376 g/mol. The van der Waals surface area contributed by atoms with E-state index in [1.165, 1.54) is 6.07 Å². The molecule has 1 aromatic heterocycles. The summed E-state index contributed by atoms with van der Waals surface area (Å²) in [6.07, 6.45) is 2.89. The van der Waals surface area contributed by atoms with Gasteiger partial charge < -0.3 is 10.3 Å². The van der Waals surface area contributed by atoms with Gasteiger partial charge in [0.05, 0.1) is 11.4 Å². The van der Waals surface area contributed by atoms with Crippen molar-refractivity contribution in [1.82, 2.24) is 15.0 Å². The minimum absolute atomic E-state index is 0.113. The molecule has 1 aliphatic rings. The number of aromatic amines is 1. The summed E-state index contributed by atoms with van der Waals surface area (Å²) >= 11 is 0. The molecule has 0 saturated heterocycles. The molecule has 0 spiro atoms. The Morgan fingerprint density at radius 1 is 1.07 bits per heavy atom.